The Kier molecular flexibility index (Phi) is 2.89. The van der Waals surface area contributed by atoms with Crippen LogP contribution < -0.4 is 0 Å². The van der Waals surface area contributed by atoms with E-state index in [1.807, 2.05) is 0 Å². The Bertz CT molecular complexity index is 339. The number of epoxide rings is 1. The van der Waals surface area contributed by atoms with E-state index in [0.717, 1.165) is 12.8 Å². The second kappa shape index (κ2) is 4.35. The van der Waals surface area contributed by atoms with E-state index in [4.69, 9.17) is 4.74 Å². The Morgan fingerprint density at radius 1 is 0.722 bits per heavy atom. The highest BCUT2D eigenvalue weighted by Crippen LogP contribution is 2.71. The Morgan fingerprint density at radius 3 is 1.61 bits per heavy atom. The summed E-state index contributed by atoms with van der Waals surface area (Å²) in [5.74, 6) is 0. The number of fused-ring (bicyclic) bond motifs is 1. The smallest absolute Gasteiger partial charge is 0.0966 e. The molecule has 3 heteroatoms. The minimum Gasteiger partial charge on any atom is -0.370 e. The van der Waals surface area contributed by atoms with Gasteiger partial charge in [-0.1, -0.05) is 25.7 Å². The number of rotatable bonds is 3. The summed E-state index contributed by atoms with van der Waals surface area (Å²) < 4.78 is 19.5. The average Bonchev–Trinajstić information content (AvgIpc) is 2.98. The molecular weight excluding hydrogens is 243 g/mol. The predicted molar refractivity (Wildman–Crippen MR) is 73.8 cm³/mol. The molecule has 0 radical (unpaired) electrons. The van der Waals surface area contributed by atoms with Gasteiger partial charge in [-0.25, -0.2) is 0 Å². The molecule has 3 atom stereocenters. The molecule has 0 aromatic rings. The van der Waals surface area contributed by atoms with Gasteiger partial charge in [0.05, 0.1) is 19.3 Å². The molecule has 0 bridgehead atoms. The molecule has 1 saturated heterocycles. The van der Waals surface area contributed by atoms with Crippen molar-refractivity contribution in [1.29, 1.82) is 0 Å². The van der Waals surface area contributed by atoms with Crippen molar-refractivity contribution < 1.29 is 9.30 Å². The third-order valence-corrected chi connectivity index (χ3v) is 10.9. The fourth-order valence-corrected chi connectivity index (χ4v) is 10.3. The first-order valence-electron chi connectivity index (χ1n) is 8.03. The second-order valence-corrected chi connectivity index (χ2v) is 10.7. The molecule has 0 aromatic heterocycles. The van der Waals surface area contributed by atoms with Crippen LogP contribution >= 0.6 is 7.14 Å². The van der Waals surface area contributed by atoms with Crippen LogP contribution in [0.4, 0.5) is 0 Å². The average molecular weight is 268 g/mol. The van der Waals surface area contributed by atoms with Gasteiger partial charge in [-0.2, -0.15) is 0 Å². The third-order valence-electron chi connectivity index (χ3n) is 6.06. The van der Waals surface area contributed by atoms with Crippen molar-refractivity contribution in [2.24, 2.45) is 0 Å². The Labute approximate surface area is 110 Å². The van der Waals surface area contributed by atoms with E-state index in [1.54, 1.807) is 0 Å². The lowest BCUT2D eigenvalue weighted by Gasteiger charge is -2.35. The summed E-state index contributed by atoms with van der Waals surface area (Å²) in [5, 5.41) is 0. The molecule has 0 N–H and O–H groups in total. The molecule has 0 spiro atoms. The van der Waals surface area contributed by atoms with E-state index < -0.39 is 7.14 Å². The summed E-state index contributed by atoms with van der Waals surface area (Å²) in [6.07, 6.45) is 13.7. The van der Waals surface area contributed by atoms with E-state index in [0.29, 0.717) is 29.2 Å². The van der Waals surface area contributed by atoms with Gasteiger partial charge in [0.2, 0.25) is 0 Å². The van der Waals surface area contributed by atoms with Gasteiger partial charge < -0.3 is 9.30 Å². The summed E-state index contributed by atoms with van der Waals surface area (Å²) in [6, 6.07) is 0. The van der Waals surface area contributed by atoms with E-state index in [9.17, 15) is 4.57 Å². The van der Waals surface area contributed by atoms with E-state index in [2.05, 4.69) is 0 Å². The van der Waals surface area contributed by atoms with Crippen molar-refractivity contribution in [2.75, 3.05) is 0 Å². The Balaban J connectivity index is 1.61. The summed E-state index contributed by atoms with van der Waals surface area (Å²) in [5.41, 5.74) is 1.75. The maximum absolute atomic E-state index is 13.9. The first-order chi connectivity index (χ1) is 8.78. The highest BCUT2D eigenvalue weighted by atomic mass is 31.2. The molecule has 1 heterocycles. The summed E-state index contributed by atoms with van der Waals surface area (Å²) >= 11 is 0. The topological polar surface area (TPSA) is 29.6 Å². The van der Waals surface area contributed by atoms with E-state index in [-0.39, 0.29) is 0 Å². The van der Waals surface area contributed by atoms with Crippen molar-refractivity contribution in [3.05, 3.63) is 0 Å². The van der Waals surface area contributed by atoms with Gasteiger partial charge in [0.25, 0.3) is 0 Å². The molecular formula is C15H25O2P. The van der Waals surface area contributed by atoms with Gasteiger partial charge >= 0.3 is 0 Å². The maximum atomic E-state index is 13.9. The SMILES string of the molecule is O=P(C1CCCC1)(C1CCCC1)C1C[C@@H]2O[C@@H]2C1. The van der Waals surface area contributed by atoms with Gasteiger partial charge in [0.15, 0.2) is 0 Å². The quantitative estimate of drug-likeness (QED) is 0.568. The Morgan fingerprint density at radius 2 is 1.17 bits per heavy atom. The first kappa shape index (κ1) is 12.0. The molecule has 4 fully saturated rings. The van der Waals surface area contributed by atoms with Crippen LogP contribution in [0.25, 0.3) is 0 Å². The first-order valence-corrected chi connectivity index (χ1v) is 9.94. The minimum atomic E-state index is -1.95. The molecule has 4 aliphatic rings. The van der Waals surface area contributed by atoms with Crippen LogP contribution in [0.3, 0.4) is 0 Å². The van der Waals surface area contributed by atoms with Gasteiger partial charge in [0.1, 0.15) is 0 Å². The van der Waals surface area contributed by atoms with Crippen LogP contribution in [0.15, 0.2) is 0 Å². The lowest BCUT2D eigenvalue weighted by molar-refractivity contribution is 0.320. The van der Waals surface area contributed by atoms with Gasteiger partial charge in [-0.3, -0.25) is 0 Å². The highest BCUT2D eigenvalue weighted by molar-refractivity contribution is 7.66. The van der Waals surface area contributed by atoms with Crippen molar-refractivity contribution in [3.63, 3.8) is 0 Å². The molecule has 102 valence electrons. The standard InChI is InChI=1S/C15H25O2P/c16-18(11-5-1-2-6-11,12-7-3-4-8-12)13-9-14-15(10-13)17-14/h11-15H,1-10H2/t13?,14-,15+. The predicted octanol–water partition coefficient (Wildman–Crippen LogP) is 4.16. The summed E-state index contributed by atoms with van der Waals surface area (Å²) in [7, 11) is -1.95. The molecule has 4 rings (SSSR count). The lowest BCUT2D eigenvalue weighted by Crippen LogP contribution is -2.24. The Hall–Kier alpha value is 0.190. The maximum Gasteiger partial charge on any atom is 0.0966 e. The minimum absolute atomic E-state index is 0.506. The van der Waals surface area contributed by atoms with E-state index >= 15 is 0 Å². The van der Waals surface area contributed by atoms with Crippen molar-refractivity contribution in [2.45, 2.75) is 93.4 Å². The monoisotopic (exact) mass is 268 g/mol. The second-order valence-electron chi connectivity index (χ2n) is 6.98. The third kappa shape index (κ3) is 1.75. The van der Waals surface area contributed by atoms with Gasteiger partial charge in [-0.15, -0.1) is 0 Å². The number of ether oxygens (including phenoxy) is 1. The van der Waals surface area contributed by atoms with Crippen LogP contribution in [0, 0.1) is 0 Å². The molecule has 3 saturated carbocycles. The van der Waals surface area contributed by atoms with Crippen LogP contribution in [0.1, 0.15) is 64.2 Å². The zero-order valence-electron chi connectivity index (χ0n) is 11.2. The van der Waals surface area contributed by atoms with Crippen molar-refractivity contribution >= 4 is 7.14 Å². The molecule has 3 aliphatic carbocycles. The molecule has 1 aliphatic heterocycles. The van der Waals surface area contributed by atoms with Crippen LogP contribution in [0.2, 0.25) is 0 Å². The molecule has 18 heavy (non-hydrogen) atoms. The summed E-state index contributed by atoms with van der Waals surface area (Å²) in [6.45, 7) is 0. The van der Waals surface area contributed by atoms with Crippen LogP contribution in [-0.2, 0) is 9.30 Å². The van der Waals surface area contributed by atoms with E-state index in [1.165, 1.54) is 51.4 Å². The molecule has 1 unspecified atom stereocenters. The highest BCUT2D eigenvalue weighted by Gasteiger charge is 2.57. The number of hydrogen-bond donors (Lipinski definition) is 0. The zero-order chi connectivity index (χ0) is 12.2. The van der Waals surface area contributed by atoms with Crippen LogP contribution in [0.5, 0.6) is 0 Å². The van der Waals surface area contributed by atoms with Crippen LogP contribution in [-0.4, -0.2) is 29.2 Å². The van der Waals surface area contributed by atoms with Gasteiger partial charge in [0, 0.05) is 17.0 Å². The zero-order valence-corrected chi connectivity index (χ0v) is 12.1. The van der Waals surface area contributed by atoms with Gasteiger partial charge in [-0.05, 0) is 38.5 Å². The lowest BCUT2D eigenvalue weighted by atomic mass is 10.3. The molecule has 0 aromatic carbocycles. The fourth-order valence-electron chi connectivity index (χ4n) is 5.07. The largest absolute Gasteiger partial charge is 0.370 e. The molecule has 2 nitrogen and oxygen atoms in total. The number of hydrogen-bond acceptors (Lipinski definition) is 2. The fraction of sp³-hybridized carbons (Fsp3) is 1.00. The van der Waals surface area contributed by atoms with Crippen molar-refractivity contribution in [3.8, 4) is 0 Å². The van der Waals surface area contributed by atoms with Crippen molar-refractivity contribution in [1.82, 2.24) is 0 Å². The normalized spacial score (nSPS) is 41.4. The molecule has 0 amide bonds. The summed E-state index contributed by atoms with van der Waals surface area (Å²) in [4.78, 5) is 0.